The number of hydrogen-bond donors (Lipinski definition) is 3. The van der Waals surface area contributed by atoms with Gasteiger partial charge in [-0.15, -0.1) is 0 Å². The van der Waals surface area contributed by atoms with Crippen molar-refractivity contribution < 1.29 is 9.21 Å². The Morgan fingerprint density at radius 1 is 1.53 bits per heavy atom. The largest absolute Gasteiger partial charge is 0.417 e. The first kappa shape index (κ1) is 13.4. The summed E-state index contributed by atoms with van der Waals surface area (Å²) in [5.41, 5.74) is 7.40. The molecule has 0 spiro atoms. The molecule has 102 valence electrons. The zero-order valence-corrected chi connectivity index (χ0v) is 10.7. The van der Waals surface area contributed by atoms with Crippen LogP contribution in [0.5, 0.6) is 0 Å². The van der Waals surface area contributed by atoms with E-state index in [9.17, 15) is 9.59 Å². The van der Waals surface area contributed by atoms with Gasteiger partial charge >= 0.3 is 5.76 Å². The van der Waals surface area contributed by atoms with Crippen molar-refractivity contribution in [2.75, 3.05) is 13.1 Å². The molecule has 6 heteroatoms. The highest BCUT2D eigenvalue weighted by atomic mass is 16.4. The van der Waals surface area contributed by atoms with Gasteiger partial charge in [-0.3, -0.25) is 9.78 Å². The second-order valence-electron chi connectivity index (χ2n) is 4.67. The van der Waals surface area contributed by atoms with Crippen LogP contribution in [0, 0.1) is 5.92 Å². The topological polar surface area (TPSA) is 101 Å². The predicted octanol–water partition coefficient (Wildman–Crippen LogP) is 0.375. The summed E-state index contributed by atoms with van der Waals surface area (Å²) in [6.07, 6.45) is 0.264. The number of oxazole rings is 1. The average Bonchev–Trinajstić information content (AvgIpc) is 2.75. The van der Waals surface area contributed by atoms with E-state index in [2.05, 4.69) is 10.3 Å². The maximum absolute atomic E-state index is 11.7. The molecule has 2 rings (SSSR count). The number of nitrogens with two attached hydrogens (primary N) is 1. The Morgan fingerprint density at radius 3 is 3.05 bits per heavy atom. The summed E-state index contributed by atoms with van der Waals surface area (Å²) in [6.45, 7) is 3.09. The second kappa shape index (κ2) is 5.71. The number of carbonyl (C=O) groups excluding carboxylic acids is 1. The van der Waals surface area contributed by atoms with E-state index < -0.39 is 5.76 Å². The molecule has 0 saturated heterocycles. The van der Waals surface area contributed by atoms with E-state index in [0.29, 0.717) is 24.2 Å². The van der Waals surface area contributed by atoms with Crippen LogP contribution in [0.1, 0.15) is 12.5 Å². The first-order valence-electron chi connectivity index (χ1n) is 6.17. The standard InChI is InChI=1S/C13H17N3O3/c1-8(6-14)7-15-12(17)5-9-2-3-11-10(4-9)16-13(18)19-11/h2-4,8H,5-7,14H2,1H3,(H,15,17)(H,16,18). The SMILES string of the molecule is CC(CN)CNC(=O)Cc1ccc2oc(=O)[nH]c2c1. The van der Waals surface area contributed by atoms with Gasteiger partial charge in [-0.1, -0.05) is 13.0 Å². The molecule has 2 aromatic rings. The maximum Gasteiger partial charge on any atom is 0.417 e. The minimum absolute atomic E-state index is 0.0644. The van der Waals surface area contributed by atoms with Crippen molar-refractivity contribution in [3.63, 3.8) is 0 Å². The van der Waals surface area contributed by atoms with Crippen LogP contribution in [0.2, 0.25) is 0 Å². The van der Waals surface area contributed by atoms with Gasteiger partial charge < -0.3 is 15.5 Å². The van der Waals surface area contributed by atoms with Crippen LogP contribution in [0.15, 0.2) is 27.4 Å². The molecule has 4 N–H and O–H groups in total. The highest BCUT2D eigenvalue weighted by molar-refractivity contribution is 5.80. The minimum atomic E-state index is -0.492. The summed E-state index contributed by atoms with van der Waals surface area (Å²) in [5, 5.41) is 2.82. The zero-order valence-electron chi connectivity index (χ0n) is 10.7. The lowest BCUT2D eigenvalue weighted by molar-refractivity contribution is -0.120. The number of carbonyl (C=O) groups is 1. The molecule has 1 aromatic carbocycles. The Balaban J connectivity index is 2.00. The van der Waals surface area contributed by atoms with Crippen molar-refractivity contribution in [3.8, 4) is 0 Å². The number of amides is 1. The monoisotopic (exact) mass is 263 g/mol. The van der Waals surface area contributed by atoms with E-state index >= 15 is 0 Å². The number of H-pyrrole nitrogens is 1. The fourth-order valence-corrected chi connectivity index (χ4v) is 1.73. The fraction of sp³-hybridized carbons (Fsp3) is 0.385. The van der Waals surface area contributed by atoms with E-state index in [-0.39, 0.29) is 18.2 Å². The molecule has 19 heavy (non-hydrogen) atoms. The van der Waals surface area contributed by atoms with Crippen LogP contribution in [0.3, 0.4) is 0 Å². The molecule has 1 unspecified atom stereocenters. The quantitative estimate of drug-likeness (QED) is 0.725. The first-order valence-corrected chi connectivity index (χ1v) is 6.17. The molecule has 0 aliphatic carbocycles. The predicted molar refractivity (Wildman–Crippen MR) is 71.8 cm³/mol. The van der Waals surface area contributed by atoms with Crippen molar-refractivity contribution in [1.29, 1.82) is 0 Å². The van der Waals surface area contributed by atoms with E-state index in [1.54, 1.807) is 18.2 Å². The molecule has 0 fully saturated rings. The van der Waals surface area contributed by atoms with Gasteiger partial charge in [0.05, 0.1) is 11.9 Å². The fourth-order valence-electron chi connectivity index (χ4n) is 1.73. The molecule has 0 aliphatic rings. The molecule has 1 aromatic heterocycles. The van der Waals surface area contributed by atoms with Gasteiger partial charge in [-0.25, -0.2) is 4.79 Å². The van der Waals surface area contributed by atoms with Crippen LogP contribution in [-0.4, -0.2) is 24.0 Å². The van der Waals surface area contributed by atoms with Gasteiger partial charge in [-0.2, -0.15) is 0 Å². The van der Waals surface area contributed by atoms with Crippen LogP contribution >= 0.6 is 0 Å². The van der Waals surface area contributed by atoms with Crippen LogP contribution < -0.4 is 16.8 Å². The second-order valence-corrected chi connectivity index (χ2v) is 4.67. The molecule has 1 heterocycles. The highest BCUT2D eigenvalue weighted by Crippen LogP contribution is 2.12. The molecule has 0 bridgehead atoms. The molecule has 0 aliphatic heterocycles. The average molecular weight is 263 g/mol. The third-order valence-corrected chi connectivity index (χ3v) is 2.90. The zero-order chi connectivity index (χ0) is 13.8. The summed E-state index contributed by atoms with van der Waals surface area (Å²) < 4.78 is 4.90. The Labute approximate surface area is 110 Å². The summed E-state index contributed by atoms with van der Waals surface area (Å²) in [7, 11) is 0. The van der Waals surface area contributed by atoms with Crippen molar-refractivity contribution in [3.05, 3.63) is 34.3 Å². The van der Waals surface area contributed by atoms with Crippen molar-refractivity contribution in [1.82, 2.24) is 10.3 Å². The third kappa shape index (κ3) is 3.45. The van der Waals surface area contributed by atoms with Gasteiger partial charge in [-0.05, 0) is 30.2 Å². The van der Waals surface area contributed by atoms with Gasteiger partial charge in [0.2, 0.25) is 5.91 Å². The molecule has 6 nitrogen and oxygen atoms in total. The maximum atomic E-state index is 11.7. The lowest BCUT2D eigenvalue weighted by Gasteiger charge is -2.09. The van der Waals surface area contributed by atoms with E-state index in [0.717, 1.165) is 5.56 Å². The Morgan fingerprint density at radius 2 is 2.32 bits per heavy atom. The third-order valence-electron chi connectivity index (χ3n) is 2.90. The smallest absolute Gasteiger partial charge is 0.408 e. The molecule has 1 amide bonds. The van der Waals surface area contributed by atoms with E-state index in [1.165, 1.54) is 0 Å². The normalized spacial score (nSPS) is 12.5. The summed E-state index contributed by atoms with van der Waals surface area (Å²) in [4.78, 5) is 25.3. The lowest BCUT2D eigenvalue weighted by Crippen LogP contribution is -2.32. The number of rotatable bonds is 5. The van der Waals surface area contributed by atoms with Gasteiger partial charge in [0.15, 0.2) is 5.58 Å². The van der Waals surface area contributed by atoms with Crippen LogP contribution in [-0.2, 0) is 11.2 Å². The van der Waals surface area contributed by atoms with Crippen LogP contribution in [0.25, 0.3) is 11.1 Å². The summed E-state index contributed by atoms with van der Waals surface area (Å²) in [5.74, 6) is -0.296. The minimum Gasteiger partial charge on any atom is -0.408 e. The van der Waals surface area contributed by atoms with E-state index in [1.807, 2.05) is 6.92 Å². The Hall–Kier alpha value is -2.08. The van der Waals surface area contributed by atoms with Crippen LogP contribution in [0.4, 0.5) is 0 Å². The molecular weight excluding hydrogens is 246 g/mol. The first-order chi connectivity index (χ1) is 9.08. The number of benzene rings is 1. The molecule has 1 atom stereocenters. The Bertz CT molecular complexity index is 629. The van der Waals surface area contributed by atoms with Crippen molar-refractivity contribution in [2.45, 2.75) is 13.3 Å². The lowest BCUT2D eigenvalue weighted by atomic mass is 10.1. The summed E-state index contributed by atoms with van der Waals surface area (Å²) in [6, 6.07) is 5.19. The number of fused-ring (bicyclic) bond motifs is 1. The molecule has 0 saturated carbocycles. The van der Waals surface area contributed by atoms with Gasteiger partial charge in [0, 0.05) is 6.54 Å². The van der Waals surface area contributed by atoms with Crippen molar-refractivity contribution >= 4 is 17.0 Å². The number of nitrogens with one attached hydrogen (secondary N) is 2. The van der Waals surface area contributed by atoms with Gasteiger partial charge in [0.25, 0.3) is 0 Å². The van der Waals surface area contributed by atoms with E-state index in [4.69, 9.17) is 10.2 Å². The number of aromatic nitrogens is 1. The molecule has 0 radical (unpaired) electrons. The number of aromatic amines is 1. The number of hydrogen-bond acceptors (Lipinski definition) is 4. The summed E-state index contributed by atoms with van der Waals surface area (Å²) >= 11 is 0. The molecular formula is C13H17N3O3. The van der Waals surface area contributed by atoms with Gasteiger partial charge in [0.1, 0.15) is 0 Å². The Kier molecular flexibility index (Phi) is 4.01. The van der Waals surface area contributed by atoms with Crippen molar-refractivity contribution in [2.24, 2.45) is 11.7 Å². The highest BCUT2D eigenvalue weighted by Gasteiger charge is 2.07.